The third-order valence-electron chi connectivity index (χ3n) is 3.28. The van der Waals surface area contributed by atoms with Gasteiger partial charge in [0, 0.05) is 42.9 Å². The van der Waals surface area contributed by atoms with E-state index in [1.165, 1.54) is 0 Å². The van der Waals surface area contributed by atoms with Gasteiger partial charge in [0.1, 0.15) is 5.75 Å². The van der Waals surface area contributed by atoms with Crippen LogP contribution in [0.1, 0.15) is 38.3 Å². The maximum Gasteiger partial charge on any atom is 0.389 e. The number of hydrogen-bond donors (Lipinski definition) is 2. The van der Waals surface area contributed by atoms with Crippen molar-refractivity contribution >= 4 is 18.1 Å². The van der Waals surface area contributed by atoms with Crippen LogP contribution in [0, 0.1) is 0 Å². The molecular formula is C14H22ClF3N2O. The summed E-state index contributed by atoms with van der Waals surface area (Å²) in [6, 6.07) is 4.11. The summed E-state index contributed by atoms with van der Waals surface area (Å²) in [4.78, 5) is 2.03. The second-order valence-electron chi connectivity index (χ2n) is 4.68. The number of nitrogens with two attached hydrogens (primary N) is 1. The first kappa shape index (κ1) is 19.9. The van der Waals surface area contributed by atoms with Crippen LogP contribution < -0.4 is 10.6 Å². The van der Waals surface area contributed by atoms with Gasteiger partial charge in [-0.25, -0.2) is 0 Å². The molecule has 3 N–H and O–H groups in total. The number of anilines is 1. The molecular weight excluding hydrogens is 305 g/mol. The Morgan fingerprint density at radius 2 is 1.81 bits per heavy atom. The molecule has 0 spiro atoms. The van der Waals surface area contributed by atoms with Crippen LogP contribution in [0.15, 0.2) is 18.2 Å². The highest BCUT2D eigenvalue weighted by Gasteiger charge is 2.28. The zero-order chi connectivity index (χ0) is 15.3. The summed E-state index contributed by atoms with van der Waals surface area (Å²) in [5.74, 6) is -0.0518. The molecule has 3 nitrogen and oxygen atoms in total. The minimum absolute atomic E-state index is 0. The van der Waals surface area contributed by atoms with E-state index in [0.717, 1.165) is 18.8 Å². The topological polar surface area (TPSA) is 49.5 Å². The van der Waals surface area contributed by atoms with Gasteiger partial charge in [0.25, 0.3) is 0 Å². The lowest BCUT2D eigenvalue weighted by molar-refractivity contribution is -0.136. The van der Waals surface area contributed by atoms with E-state index in [4.69, 9.17) is 5.73 Å². The second kappa shape index (κ2) is 8.34. The maximum atomic E-state index is 12.2. The maximum absolute atomic E-state index is 12.2. The van der Waals surface area contributed by atoms with E-state index in [-0.39, 0.29) is 24.6 Å². The van der Waals surface area contributed by atoms with Gasteiger partial charge in [0.2, 0.25) is 0 Å². The molecule has 0 aliphatic heterocycles. The Balaban J connectivity index is 0.00000400. The first-order valence-corrected chi connectivity index (χ1v) is 6.68. The van der Waals surface area contributed by atoms with Gasteiger partial charge in [-0.2, -0.15) is 13.2 Å². The molecule has 1 atom stereocenters. The van der Waals surface area contributed by atoms with Gasteiger partial charge in [-0.15, -0.1) is 12.4 Å². The number of halogens is 4. The zero-order valence-corrected chi connectivity index (χ0v) is 13.0. The lowest BCUT2D eigenvalue weighted by atomic mass is 10.0. The Morgan fingerprint density at radius 1 is 1.24 bits per heavy atom. The van der Waals surface area contributed by atoms with Crippen LogP contribution >= 0.6 is 12.4 Å². The van der Waals surface area contributed by atoms with Gasteiger partial charge in [-0.3, -0.25) is 0 Å². The highest BCUT2D eigenvalue weighted by molar-refractivity contribution is 5.85. The standard InChI is InChI=1S/C14H21F3N2O.ClH/c1-3-19(4-2)10-5-6-11(13(20)9-10)12(18)7-8-14(15,16)17;/h5-6,9,12,20H,3-4,7-8,18H2,1-2H3;1H/t12-;/m1./s1. The van der Waals surface area contributed by atoms with E-state index in [9.17, 15) is 18.3 Å². The molecule has 0 saturated carbocycles. The Morgan fingerprint density at radius 3 is 2.24 bits per heavy atom. The zero-order valence-electron chi connectivity index (χ0n) is 12.2. The van der Waals surface area contributed by atoms with Crippen LogP contribution in [0.25, 0.3) is 0 Å². The minimum atomic E-state index is -4.23. The summed E-state index contributed by atoms with van der Waals surface area (Å²) in [6.45, 7) is 5.55. The molecule has 0 heterocycles. The van der Waals surface area contributed by atoms with Gasteiger partial charge in [-0.1, -0.05) is 6.07 Å². The highest BCUT2D eigenvalue weighted by Crippen LogP contribution is 2.32. The van der Waals surface area contributed by atoms with Crippen molar-refractivity contribution in [3.63, 3.8) is 0 Å². The van der Waals surface area contributed by atoms with Crippen molar-refractivity contribution in [1.29, 1.82) is 0 Å². The van der Waals surface area contributed by atoms with Gasteiger partial charge in [0.15, 0.2) is 0 Å². The molecule has 0 amide bonds. The summed E-state index contributed by atoms with van der Waals surface area (Å²) in [5.41, 5.74) is 6.91. The largest absolute Gasteiger partial charge is 0.508 e. The third kappa shape index (κ3) is 6.01. The van der Waals surface area contributed by atoms with E-state index in [1.807, 2.05) is 18.7 Å². The van der Waals surface area contributed by atoms with Crippen molar-refractivity contribution in [3.8, 4) is 5.75 Å². The molecule has 7 heteroatoms. The fourth-order valence-corrected chi connectivity index (χ4v) is 2.11. The Hall–Kier alpha value is -1.14. The van der Waals surface area contributed by atoms with Gasteiger partial charge in [0.05, 0.1) is 0 Å². The van der Waals surface area contributed by atoms with E-state index < -0.39 is 18.6 Å². The fraction of sp³-hybridized carbons (Fsp3) is 0.571. The average Bonchev–Trinajstić information content (AvgIpc) is 2.37. The van der Waals surface area contributed by atoms with Crippen LogP contribution in [0.3, 0.4) is 0 Å². The van der Waals surface area contributed by atoms with Crippen LogP contribution in [0.2, 0.25) is 0 Å². The van der Waals surface area contributed by atoms with E-state index >= 15 is 0 Å². The monoisotopic (exact) mass is 326 g/mol. The Kier molecular flexibility index (Phi) is 7.89. The summed E-state index contributed by atoms with van der Waals surface area (Å²) in [7, 11) is 0. The van der Waals surface area contributed by atoms with Crippen molar-refractivity contribution in [3.05, 3.63) is 23.8 Å². The predicted octanol–water partition coefficient (Wildman–Crippen LogP) is 4.00. The molecule has 0 unspecified atom stereocenters. The number of benzene rings is 1. The van der Waals surface area contributed by atoms with E-state index in [0.29, 0.717) is 5.56 Å². The average molecular weight is 327 g/mol. The van der Waals surface area contributed by atoms with Crippen molar-refractivity contribution in [2.45, 2.75) is 38.9 Å². The molecule has 1 aromatic carbocycles. The smallest absolute Gasteiger partial charge is 0.389 e. The molecule has 1 aromatic rings. The van der Waals surface area contributed by atoms with Crippen molar-refractivity contribution in [1.82, 2.24) is 0 Å². The Labute approximate surface area is 129 Å². The van der Waals surface area contributed by atoms with Gasteiger partial charge >= 0.3 is 6.18 Å². The number of hydrogen-bond acceptors (Lipinski definition) is 3. The number of alkyl halides is 3. The molecule has 1 rings (SSSR count). The molecule has 0 aliphatic carbocycles. The molecule has 0 bridgehead atoms. The first-order valence-electron chi connectivity index (χ1n) is 6.68. The van der Waals surface area contributed by atoms with Crippen LogP contribution in [0.4, 0.5) is 18.9 Å². The normalized spacial score (nSPS) is 12.7. The second-order valence-corrected chi connectivity index (χ2v) is 4.68. The number of rotatable bonds is 6. The quantitative estimate of drug-likeness (QED) is 0.830. The summed E-state index contributed by atoms with van der Waals surface area (Å²) < 4.78 is 36.5. The lowest BCUT2D eigenvalue weighted by Crippen LogP contribution is -2.22. The molecule has 0 aliphatic rings. The first-order chi connectivity index (χ1) is 9.28. The highest BCUT2D eigenvalue weighted by atomic mass is 35.5. The lowest BCUT2D eigenvalue weighted by Gasteiger charge is -2.22. The van der Waals surface area contributed by atoms with Crippen molar-refractivity contribution in [2.24, 2.45) is 5.73 Å². The predicted molar refractivity (Wildman–Crippen MR) is 81.1 cm³/mol. The van der Waals surface area contributed by atoms with E-state index in [1.54, 1.807) is 18.2 Å². The fourth-order valence-electron chi connectivity index (χ4n) is 2.11. The van der Waals surface area contributed by atoms with Gasteiger partial charge in [-0.05, 0) is 26.3 Å². The number of phenols is 1. The minimum Gasteiger partial charge on any atom is -0.508 e. The Bertz CT molecular complexity index is 437. The van der Waals surface area contributed by atoms with Crippen LogP contribution in [0.5, 0.6) is 5.75 Å². The molecule has 122 valence electrons. The third-order valence-corrected chi connectivity index (χ3v) is 3.28. The van der Waals surface area contributed by atoms with Crippen LogP contribution in [-0.2, 0) is 0 Å². The number of phenolic OH excluding ortho intramolecular Hbond substituents is 1. The molecule has 0 saturated heterocycles. The van der Waals surface area contributed by atoms with E-state index in [2.05, 4.69) is 0 Å². The van der Waals surface area contributed by atoms with Crippen molar-refractivity contribution < 1.29 is 18.3 Å². The molecule has 0 aromatic heterocycles. The summed E-state index contributed by atoms with van der Waals surface area (Å²) in [5, 5.41) is 9.94. The number of aromatic hydroxyl groups is 1. The molecule has 21 heavy (non-hydrogen) atoms. The van der Waals surface area contributed by atoms with Crippen LogP contribution in [-0.4, -0.2) is 24.4 Å². The molecule has 0 radical (unpaired) electrons. The van der Waals surface area contributed by atoms with Gasteiger partial charge < -0.3 is 15.7 Å². The number of nitrogens with zero attached hydrogens (tertiary/aromatic N) is 1. The molecule has 0 fully saturated rings. The van der Waals surface area contributed by atoms with Crippen molar-refractivity contribution in [2.75, 3.05) is 18.0 Å². The summed E-state index contributed by atoms with van der Waals surface area (Å²) >= 11 is 0. The summed E-state index contributed by atoms with van der Waals surface area (Å²) in [6.07, 6.45) is -5.42. The SMILES string of the molecule is CCN(CC)c1ccc([C@H](N)CCC(F)(F)F)c(O)c1.Cl.